The van der Waals surface area contributed by atoms with Crippen molar-refractivity contribution in [3.63, 3.8) is 0 Å². The highest BCUT2D eigenvalue weighted by Gasteiger charge is 2.32. The first kappa shape index (κ1) is 12.0. The van der Waals surface area contributed by atoms with E-state index in [1.165, 1.54) is 24.0 Å². The highest BCUT2D eigenvalue weighted by molar-refractivity contribution is 5.38. The van der Waals surface area contributed by atoms with Gasteiger partial charge in [-0.15, -0.1) is 0 Å². The van der Waals surface area contributed by atoms with Crippen LogP contribution < -0.4 is 5.32 Å². The van der Waals surface area contributed by atoms with E-state index in [2.05, 4.69) is 11.4 Å². The zero-order chi connectivity index (χ0) is 12.5. The van der Waals surface area contributed by atoms with Gasteiger partial charge in [-0.3, -0.25) is 0 Å². The second-order valence-electron chi connectivity index (χ2n) is 5.52. The average Bonchev–Trinajstić information content (AvgIpc) is 2.33. The number of hydrogen-bond acceptors (Lipinski definition) is 3. The maximum atomic E-state index is 9.64. The van der Waals surface area contributed by atoms with Crippen LogP contribution in [0.3, 0.4) is 0 Å². The van der Waals surface area contributed by atoms with Crippen molar-refractivity contribution in [1.82, 2.24) is 5.32 Å². The molecule has 1 aromatic rings. The fraction of sp³-hybridized carbons (Fsp3) is 0.600. The third-order valence-corrected chi connectivity index (χ3v) is 4.31. The number of nitrogens with one attached hydrogen (secondary N) is 1. The van der Waals surface area contributed by atoms with Gasteiger partial charge < -0.3 is 15.2 Å². The Labute approximate surface area is 108 Å². The number of methoxy groups -OCH3 is 1. The van der Waals surface area contributed by atoms with Gasteiger partial charge in [-0.25, -0.2) is 0 Å². The molecule has 0 bridgehead atoms. The number of rotatable bonds is 3. The van der Waals surface area contributed by atoms with Crippen LogP contribution in [-0.2, 0) is 11.2 Å². The summed E-state index contributed by atoms with van der Waals surface area (Å²) >= 11 is 0. The van der Waals surface area contributed by atoms with Crippen molar-refractivity contribution in [2.24, 2.45) is 0 Å². The Hall–Kier alpha value is -1.06. The second kappa shape index (κ2) is 4.90. The van der Waals surface area contributed by atoms with Gasteiger partial charge in [0.15, 0.2) is 0 Å². The van der Waals surface area contributed by atoms with Crippen molar-refractivity contribution in [3.05, 3.63) is 29.3 Å². The molecule has 1 aromatic carbocycles. The van der Waals surface area contributed by atoms with Gasteiger partial charge in [0.1, 0.15) is 5.75 Å². The van der Waals surface area contributed by atoms with E-state index in [0.717, 1.165) is 19.3 Å². The topological polar surface area (TPSA) is 41.5 Å². The van der Waals surface area contributed by atoms with E-state index in [0.29, 0.717) is 23.9 Å². The Morgan fingerprint density at radius 1 is 1.33 bits per heavy atom. The Morgan fingerprint density at radius 2 is 2.17 bits per heavy atom. The maximum Gasteiger partial charge on any atom is 0.115 e. The zero-order valence-corrected chi connectivity index (χ0v) is 10.9. The van der Waals surface area contributed by atoms with Crippen LogP contribution in [0.4, 0.5) is 0 Å². The maximum absolute atomic E-state index is 9.64. The summed E-state index contributed by atoms with van der Waals surface area (Å²) in [6, 6.07) is 6.78. The van der Waals surface area contributed by atoms with Gasteiger partial charge in [0.25, 0.3) is 0 Å². The number of hydrogen-bond donors (Lipinski definition) is 2. The number of phenolic OH excluding ortho intramolecular Hbond substituents is 1. The van der Waals surface area contributed by atoms with Gasteiger partial charge in [0, 0.05) is 19.2 Å². The molecule has 0 heterocycles. The predicted octanol–water partition coefficient (Wildman–Crippen LogP) is 2.54. The first-order valence-corrected chi connectivity index (χ1v) is 6.87. The quantitative estimate of drug-likeness (QED) is 0.862. The van der Waals surface area contributed by atoms with Gasteiger partial charge in [-0.1, -0.05) is 6.07 Å². The Balaban J connectivity index is 1.69. The van der Waals surface area contributed by atoms with Crippen LogP contribution in [0, 0.1) is 0 Å². The van der Waals surface area contributed by atoms with Crippen LogP contribution in [0.2, 0.25) is 0 Å². The predicted molar refractivity (Wildman–Crippen MR) is 70.7 cm³/mol. The number of fused-ring (bicyclic) bond motifs is 1. The van der Waals surface area contributed by atoms with Crippen LogP contribution in [0.15, 0.2) is 18.2 Å². The monoisotopic (exact) mass is 247 g/mol. The smallest absolute Gasteiger partial charge is 0.115 e. The first-order chi connectivity index (χ1) is 8.76. The van der Waals surface area contributed by atoms with Gasteiger partial charge in [0.2, 0.25) is 0 Å². The molecule has 1 unspecified atom stereocenters. The van der Waals surface area contributed by atoms with Crippen molar-refractivity contribution in [3.8, 4) is 5.75 Å². The number of benzene rings is 1. The lowest BCUT2D eigenvalue weighted by Gasteiger charge is -2.39. The number of phenols is 1. The van der Waals surface area contributed by atoms with Crippen molar-refractivity contribution < 1.29 is 9.84 Å². The molecule has 0 spiro atoms. The summed E-state index contributed by atoms with van der Waals surface area (Å²) in [6.45, 7) is 0. The minimum absolute atomic E-state index is 0.380. The third-order valence-electron chi connectivity index (χ3n) is 4.31. The van der Waals surface area contributed by atoms with E-state index >= 15 is 0 Å². The van der Waals surface area contributed by atoms with Crippen LogP contribution in [-0.4, -0.2) is 24.4 Å². The highest BCUT2D eigenvalue weighted by atomic mass is 16.5. The lowest BCUT2D eigenvalue weighted by atomic mass is 9.83. The fourth-order valence-electron chi connectivity index (χ4n) is 3.14. The molecular weight excluding hydrogens is 226 g/mol. The van der Waals surface area contributed by atoms with Gasteiger partial charge in [0.05, 0.1) is 6.10 Å². The lowest BCUT2D eigenvalue weighted by molar-refractivity contribution is 0.0135. The third kappa shape index (κ3) is 2.25. The molecule has 1 atom stereocenters. The van der Waals surface area contributed by atoms with E-state index < -0.39 is 0 Å². The summed E-state index contributed by atoms with van der Waals surface area (Å²) in [5.74, 6) is 0.380. The van der Waals surface area contributed by atoms with Crippen LogP contribution in [0.5, 0.6) is 5.75 Å². The first-order valence-electron chi connectivity index (χ1n) is 6.87. The molecule has 0 saturated heterocycles. The van der Waals surface area contributed by atoms with Crippen LogP contribution in [0.25, 0.3) is 0 Å². The summed E-state index contributed by atoms with van der Waals surface area (Å²) in [5.41, 5.74) is 2.68. The number of ether oxygens (including phenoxy) is 1. The SMILES string of the molecule is COC1CC(NC2CCCc3ccc(O)cc32)C1. The molecule has 1 fully saturated rings. The summed E-state index contributed by atoms with van der Waals surface area (Å²) in [7, 11) is 1.79. The van der Waals surface area contributed by atoms with E-state index in [4.69, 9.17) is 4.74 Å². The standard InChI is InChI=1S/C15H21NO2/c1-18-13-7-11(8-13)16-15-4-2-3-10-5-6-12(17)9-14(10)15/h5-6,9,11,13,15-17H,2-4,7-8H2,1H3. The molecule has 2 aliphatic carbocycles. The van der Waals surface area contributed by atoms with E-state index in [9.17, 15) is 5.11 Å². The molecule has 3 nitrogen and oxygen atoms in total. The van der Waals surface area contributed by atoms with Crippen molar-refractivity contribution >= 4 is 0 Å². The van der Waals surface area contributed by atoms with Crippen molar-refractivity contribution in [2.75, 3.05) is 7.11 Å². The largest absolute Gasteiger partial charge is 0.508 e. The second-order valence-corrected chi connectivity index (χ2v) is 5.52. The van der Waals surface area contributed by atoms with E-state index in [1.807, 2.05) is 6.07 Å². The Morgan fingerprint density at radius 3 is 2.94 bits per heavy atom. The average molecular weight is 247 g/mol. The molecule has 2 N–H and O–H groups in total. The molecule has 0 aliphatic heterocycles. The van der Waals surface area contributed by atoms with Crippen molar-refractivity contribution in [2.45, 2.75) is 50.3 Å². The highest BCUT2D eigenvalue weighted by Crippen LogP contribution is 2.34. The lowest BCUT2D eigenvalue weighted by Crippen LogP contribution is -2.46. The molecule has 0 amide bonds. The Kier molecular flexibility index (Phi) is 3.27. The summed E-state index contributed by atoms with van der Waals surface area (Å²) in [5, 5.41) is 13.4. The molecule has 98 valence electrons. The van der Waals surface area contributed by atoms with Crippen LogP contribution >= 0.6 is 0 Å². The van der Waals surface area contributed by atoms with E-state index in [-0.39, 0.29) is 0 Å². The molecule has 0 aromatic heterocycles. The fourth-order valence-corrected chi connectivity index (χ4v) is 3.14. The zero-order valence-electron chi connectivity index (χ0n) is 10.9. The van der Waals surface area contributed by atoms with E-state index in [1.54, 1.807) is 13.2 Å². The summed E-state index contributed by atoms with van der Waals surface area (Å²) < 4.78 is 5.31. The van der Waals surface area contributed by atoms with Gasteiger partial charge in [-0.05, 0) is 55.4 Å². The number of aryl methyl sites for hydroxylation is 1. The van der Waals surface area contributed by atoms with Gasteiger partial charge in [-0.2, -0.15) is 0 Å². The number of aromatic hydroxyl groups is 1. The van der Waals surface area contributed by atoms with Crippen molar-refractivity contribution in [1.29, 1.82) is 0 Å². The molecule has 3 heteroatoms. The minimum Gasteiger partial charge on any atom is -0.508 e. The normalized spacial score (nSPS) is 30.6. The van der Waals surface area contributed by atoms with Gasteiger partial charge >= 0.3 is 0 Å². The summed E-state index contributed by atoms with van der Waals surface area (Å²) in [4.78, 5) is 0. The summed E-state index contributed by atoms with van der Waals surface area (Å²) in [6.07, 6.45) is 6.21. The molecule has 1 saturated carbocycles. The molecular formula is C15H21NO2. The molecule has 18 heavy (non-hydrogen) atoms. The molecule has 0 radical (unpaired) electrons. The van der Waals surface area contributed by atoms with Crippen LogP contribution in [0.1, 0.15) is 42.9 Å². The Bertz CT molecular complexity index is 427. The molecule has 3 rings (SSSR count). The minimum atomic E-state index is 0.380. The molecule has 2 aliphatic rings.